The lowest BCUT2D eigenvalue weighted by Crippen LogP contribution is -2.40. The molecule has 1 aromatic rings. The van der Waals surface area contributed by atoms with Crippen molar-refractivity contribution in [3.63, 3.8) is 0 Å². The zero-order valence-corrected chi connectivity index (χ0v) is 10.2. The second-order valence-corrected chi connectivity index (χ2v) is 4.12. The van der Waals surface area contributed by atoms with Gasteiger partial charge in [-0.05, 0) is 18.0 Å². The van der Waals surface area contributed by atoms with Crippen LogP contribution in [-0.2, 0) is 11.3 Å². The number of nitrogens with zero attached hydrogens (tertiary/aromatic N) is 3. The minimum Gasteiger partial charge on any atom is -0.374 e. The van der Waals surface area contributed by atoms with E-state index in [9.17, 15) is 5.11 Å². The van der Waals surface area contributed by atoms with E-state index in [1.165, 1.54) is 0 Å². The highest BCUT2D eigenvalue weighted by Crippen LogP contribution is 2.31. The van der Waals surface area contributed by atoms with Gasteiger partial charge in [-0.3, -0.25) is 0 Å². The highest BCUT2D eigenvalue weighted by Gasteiger charge is 2.26. The standard InChI is InChI=1S/C9H11Cl2N3O2/c1-2-6(15)14-4-16-3-5-7(10)12-9(11)13-8(5)14/h6,15H,2-4H2,1H3. The topological polar surface area (TPSA) is 58.5 Å². The van der Waals surface area contributed by atoms with Gasteiger partial charge >= 0.3 is 0 Å². The van der Waals surface area contributed by atoms with Crippen molar-refractivity contribution in [3.8, 4) is 0 Å². The first-order chi connectivity index (χ1) is 7.63. The molecule has 0 saturated heterocycles. The molecule has 0 fully saturated rings. The summed E-state index contributed by atoms with van der Waals surface area (Å²) in [6.45, 7) is 2.47. The largest absolute Gasteiger partial charge is 0.374 e. The van der Waals surface area contributed by atoms with Crippen molar-refractivity contribution in [2.24, 2.45) is 0 Å². The third-order valence-electron chi connectivity index (χ3n) is 2.38. The van der Waals surface area contributed by atoms with Crippen LogP contribution in [0, 0.1) is 0 Å². The van der Waals surface area contributed by atoms with Crippen LogP contribution in [0.15, 0.2) is 0 Å². The van der Waals surface area contributed by atoms with E-state index in [2.05, 4.69) is 9.97 Å². The summed E-state index contributed by atoms with van der Waals surface area (Å²) in [5, 5.41) is 10.1. The predicted molar refractivity (Wildman–Crippen MR) is 60.5 cm³/mol. The Morgan fingerprint density at radius 1 is 1.50 bits per heavy atom. The maximum Gasteiger partial charge on any atom is 0.225 e. The van der Waals surface area contributed by atoms with Crippen LogP contribution in [0.4, 0.5) is 5.82 Å². The smallest absolute Gasteiger partial charge is 0.225 e. The van der Waals surface area contributed by atoms with Gasteiger partial charge in [0.1, 0.15) is 23.9 Å². The normalized spacial score (nSPS) is 17.1. The summed E-state index contributed by atoms with van der Waals surface area (Å²) in [6, 6.07) is 0. The lowest BCUT2D eigenvalue weighted by molar-refractivity contribution is 0.0619. The fourth-order valence-electron chi connectivity index (χ4n) is 1.54. The van der Waals surface area contributed by atoms with Crippen LogP contribution in [-0.4, -0.2) is 28.0 Å². The Balaban J connectivity index is 2.45. The first-order valence-electron chi connectivity index (χ1n) is 4.87. The zero-order valence-electron chi connectivity index (χ0n) is 8.65. The van der Waals surface area contributed by atoms with Crippen molar-refractivity contribution in [3.05, 3.63) is 16.0 Å². The molecule has 0 aromatic carbocycles. The molecule has 1 unspecified atom stereocenters. The van der Waals surface area contributed by atoms with E-state index in [1.807, 2.05) is 6.92 Å². The average Bonchev–Trinajstić information content (AvgIpc) is 2.27. The molecule has 0 spiro atoms. The molecule has 0 bridgehead atoms. The molecule has 1 N–H and O–H groups in total. The van der Waals surface area contributed by atoms with E-state index in [0.29, 0.717) is 24.4 Å². The Morgan fingerprint density at radius 3 is 2.94 bits per heavy atom. The zero-order chi connectivity index (χ0) is 11.7. The van der Waals surface area contributed by atoms with Crippen molar-refractivity contribution < 1.29 is 9.84 Å². The van der Waals surface area contributed by atoms with Gasteiger partial charge in [0, 0.05) is 0 Å². The molecular formula is C9H11Cl2N3O2. The number of ether oxygens (including phenoxy) is 1. The van der Waals surface area contributed by atoms with Crippen LogP contribution >= 0.6 is 23.2 Å². The van der Waals surface area contributed by atoms with Gasteiger partial charge < -0.3 is 14.7 Å². The molecule has 16 heavy (non-hydrogen) atoms. The molecule has 7 heteroatoms. The van der Waals surface area contributed by atoms with Crippen LogP contribution in [0.1, 0.15) is 18.9 Å². The number of hydrogen-bond acceptors (Lipinski definition) is 5. The molecule has 5 nitrogen and oxygen atoms in total. The Morgan fingerprint density at radius 2 is 2.25 bits per heavy atom. The molecule has 1 atom stereocenters. The summed E-state index contributed by atoms with van der Waals surface area (Å²) in [6.07, 6.45) is -0.108. The van der Waals surface area contributed by atoms with Crippen LogP contribution in [0.3, 0.4) is 0 Å². The maximum atomic E-state index is 9.81. The number of aromatic nitrogens is 2. The Hall–Kier alpha value is -0.620. The van der Waals surface area contributed by atoms with E-state index in [-0.39, 0.29) is 17.2 Å². The minimum atomic E-state index is -0.666. The maximum absolute atomic E-state index is 9.81. The quantitative estimate of drug-likeness (QED) is 0.652. The van der Waals surface area contributed by atoms with Crippen LogP contribution in [0.2, 0.25) is 10.4 Å². The summed E-state index contributed by atoms with van der Waals surface area (Å²) in [7, 11) is 0. The highest BCUT2D eigenvalue weighted by molar-refractivity contribution is 6.32. The van der Waals surface area contributed by atoms with Crippen molar-refractivity contribution >= 4 is 29.0 Å². The van der Waals surface area contributed by atoms with Gasteiger partial charge in [-0.25, -0.2) is 4.98 Å². The van der Waals surface area contributed by atoms with Crippen molar-refractivity contribution in [2.45, 2.75) is 26.2 Å². The van der Waals surface area contributed by atoms with Crippen molar-refractivity contribution in [2.75, 3.05) is 11.6 Å². The average molecular weight is 264 g/mol. The SMILES string of the molecule is CCC(O)N1COCc2c(Cl)nc(Cl)nc21. The van der Waals surface area contributed by atoms with Crippen LogP contribution < -0.4 is 4.90 Å². The second kappa shape index (κ2) is 4.71. The van der Waals surface area contributed by atoms with Crippen molar-refractivity contribution in [1.29, 1.82) is 0 Å². The van der Waals surface area contributed by atoms with E-state index in [4.69, 9.17) is 27.9 Å². The lowest BCUT2D eigenvalue weighted by Gasteiger charge is -2.33. The number of halogens is 2. The third-order valence-corrected chi connectivity index (χ3v) is 2.86. The second-order valence-electron chi connectivity index (χ2n) is 3.42. The highest BCUT2D eigenvalue weighted by atomic mass is 35.5. The van der Waals surface area contributed by atoms with Gasteiger partial charge in [-0.1, -0.05) is 18.5 Å². The first-order valence-corrected chi connectivity index (χ1v) is 5.63. The monoisotopic (exact) mass is 263 g/mol. The molecule has 1 aliphatic heterocycles. The lowest BCUT2D eigenvalue weighted by atomic mass is 10.2. The molecule has 0 amide bonds. The molecule has 2 rings (SSSR count). The van der Waals surface area contributed by atoms with Gasteiger partial charge in [-0.2, -0.15) is 4.98 Å². The Kier molecular flexibility index (Phi) is 3.49. The van der Waals surface area contributed by atoms with Gasteiger partial charge in [0.25, 0.3) is 0 Å². The summed E-state index contributed by atoms with van der Waals surface area (Å²) in [4.78, 5) is 9.53. The molecule has 0 saturated carbocycles. The number of fused-ring (bicyclic) bond motifs is 1. The summed E-state index contributed by atoms with van der Waals surface area (Å²) in [5.74, 6) is 0.547. The van der Waals surface area contributed by atoms with Crippen molar-refractivity contribution in [1.82, 2.24) is 9.97 Å². The van der Waals surface area contributed by atoms with E-state index in [0.717, 1.165) is 0 Å². The Bertz CT molecular complexity index is 403. The number of anilines is 1. The van der Waals surface area contributed by atoms with E-state index >= 15 is 0 Å². The van der Waals surface area contributed by atoms with Gasteiger partial charge in [-0.15, -0.1) is 0 Å². The van der Waals surface area contributed by atoms with E-state index < -0.39 is 6.23 Å². The Labute approximate surface area is 103 Å². The molecular weight excluding hydrogens is 253 g/mol. The van der Waals surface area contributed by atoms with Crippen LogP contribution in [0.5, 0.6) is 0 Å². The van der Waals surface area contributed by atoms with E-state index in [1.54, 1.807) is 4.90 Å². The summed E-state index contributed by atoms with van der Waals surface area (Å²) in [5.41, 5.74) is 0.657. The molecule has 2 heterocycles. The third kappa shape index (κ3) is 2.08. The summed E-state index contributed by atoms with van der Waals surface area (Å²) >= 11 is 11.7. The molecule has 88 valence electrons. The number of hydrogen-bond donors (Lipinski definition) is 1. The van der Waals surface area contributed by atoms with Gasteiger partial charge in [0.2, 0.25) is 5.28 Å². The molecule has 0 radical (unpaired) electrons. The number of aliphatic hydroxyl groups is 1. The molecule has 1 aromatic heterocycles. The number of aliphatic hydroxyl groups excluding tert-OH is 1. The molecule has 1 aliphatic rings. The van der Waals surface area contributed by atoms with Crippen LogP contribution in [0.25, 0.3) is 0 Å². The fourth-order valence-corrected chi connectivity index (χ4v) is 1.96. The minimum absolute atomic E-state index is 0.0685. The van der Waals surface area contributed by atoms with Gasteiger partial charge in [0.05, 0.1) is 12.2 Å². The number of rotatable bonds is 2. The first kappa shape index (κ1) is 11.9. The van der Waals surface area contributed by atoms with Gasteiger partial charge in [0.15, 0.2) is 0 Å². The summed E-state index contributed by atoms with van der Waals surface area (Å²) < 4.78 is 5.31. The predicted octanol–water partition coefficient (Wildman–Crippen LogP) is 1.81. The molecule has 0 aliphatic carbocycles. The fraction of sp³-hybridized carbons (Fsp3) is 0.556.